The SMILES string of the molecule is CC[C@H](CC[C@@H](C)[C@H]1CC[C@H]2[C@H]3CCC4CCCC(OC(=O)C(N)CCCN)[C@]4(C)[C@H]3CC[C@]12C)C(C)C.Cl. The highest BCUT2D eigenvalue weighted by molar-refractivity contribution is 5.85. The molecule has 0 aromatic carbocycles. The van der Waals surface area contributed by atoms with Crippen molar-refractivity contribution in [2.45, 2.75) is 144 Å². The van der Waals surface area contributed by atoms with Crippen LogP contribution in [0.5, 0.6) is 0 Å². The van der Waals surface area contributed by atoms with Gasteiger partial charge in [0.15, 0.2) is 0 Å². The van der Waals surface area contributed by atoms with Crippen molar-refractivity contribution in [2.24, 2.45) is 69.6 Å². The number of ether oxygens (including phenoxy) is 1. The summed E-state index contributed by atoms with van der Waals surface area (Å²) in [5, 5.41) is 0. The van der Waals surface area contributed by atoms with Crippen LogP contribution in [0.2, 0.25) is 0 Å². The molecule has 3 unspecified atom stereocenters. The van der Waals surface area contributed by atoms with Crippen LogP contribution in [0.25, 0.3) is 0 Å². The van der Waals surface area contributed by atoms with Gasteiger partial charge in [-0.1, -0.05) is 54.4 Å². The van der Waals surface area contributed by atoms with Gasteiger partial charge in [-0.2, -0.15) is 0 Å². The average molecular weight is 567 g/mol. The lowest BCUT2D eigenvalue weighted by Crippen LogP contribution is -2.59. The van der Waals surface area contributed by atoms with E-state index >= 15 is 0 Å². The molecule has 0 heterocycles. The van der Waals surface area contributed by atoms with Gasteiger partial charge in [-0.3, -0.25) is 4.79 Å². The van der Waals surface area contributed by atoms with Gasteiger partial charge < -0.3 is 16.2 Å². The summed E-state index contributed by atoms with van der Waals surface area (Å²) in [6.07, 6.45) is 17.3. The summed E-state index contributed by atoms with van der Waals surface area (Å²) in [7, 11) is 0. The zero-order valence-electron chi connectivity index (χ0n) is 26.3. The van der Waals surface area contributed by atoms with E-state index in [0.29, 0.717) is 30.2 Å². The molecule has 0 aliphatic heterocycles. The first-order valence-electron chi connectivity index (χ1n) is 16.7. The van der Waals surface area contributed by atoms with Crippen molar-refractivity contribution in [3.63, 3.8) is 0 Å². The molecule has 4 saturated carbocycles. The Hall–Kier alpha value is -0.320. The molecule has 228 valence electrons. The van der Waals surface area contributed by atoms with Gasteiger partial charge in [0.05, 0.1) is 0 Å². The molecule has 4 aliphatic carbocycles. The van der Waals surface area contributed by atoms with Crippen molar-refractivity contribution >= 4 is 18.4 Å². The number of rotatable bonds is 11. The lowest BCUT2D eigenvalue weighted by Gasteiger charge is -2.62. The predicted molar refractivity (Wildman–Crippen MR) is 166 cm³/mol. The Bertz CT molecular complexity index is 791. The fourth-order valence-corrected chi connectivity index (χ4v) is 10.8. The fourth-order valence-electron chi connectivity index (χ4n) is 10.8. The molecule has 0 amide bonds. The Morgan fingerprint density at radius 1 is 0.949 bits per heavy atom. The van der Waals surface area contributed by atoms with Crippen LogP contribution in [0.4, 0.5) is 0 Å². The molecule has 4 N–H and O–H groups in total. The number of carbonyl (C=O) groups excluding carboxylic acids is 1. The maximum Gasteiger partial charge on any atom is 0.323 e. The largest absolute Gasteiger partial charge is 0.461 e. The van der Waals surface area contributed by atoms with Crippen LogP contribution in [0.3, 0.4) is 0 Å². The number of fused-ring (bicyclic) bond motifs is 5. The Labute approximate surface area is 247 Å². The zero-order chi connectivity index (χ0) is 27.7. The van der Waals surface area contributed by atoms with Crippen molar-refractivity contribution in [1.29, 1.82) is 0 Å². The molecule has 11 atom stereocenters. The standard InChI is InChI=1S/C34H62N2O2.ClH/c1-7-24(22(2)3)14-13-23(4)27-17-18-28-26-16-15-25-10-8-12-31(38-32(37)30(36)11-9-21-35)34(25,6)29(26)19-20-33(27,28)5;/h22-31H,7-21,35-36H2,1-6H3;1H/t23-,24-,25?,26-,27-,28+,29+,30?,31?,33-,34+;/m1./s1. The minimum atomic E-state index is -0.531. The monoisotopic (exact) mass is 566 g/mol. The summed E-state index contributed by atoms with van der Waals surface area (Å²) in [4.78, 5) is 13.0. The number of halogens is 1. The smallest absolute Gasteiger partial charge is 0.323 e. The van der Waals surface area contributed by atoms with Crippen molar-refractivity contribution in [3.05, 3.63) is 0 Å². The van der Waals surface area contributed by atoms with Crippen molar-refractivity contribution < 1.29 is 9.53 Å². The van der Waals surface area contributed by atoms with Gasteiger partial charge in [-0.25, -0.2) is 0 Å². The van der Waals surface area contributed by atoms with E-state index in [-0.39, 0.29) is 29.9 Å². The van der Waals surface area contributed by atoms with Gasteiger partial charge in [0.1, 0.15) is 12.1 Å². The van der Waals surface area contributed by atoms with Crippen LogP contribution >= 0.6 is 12.4 Å². The molecule has 0 spiro atoms. The number of carbonyl (C=O) groups is 1. The molecule has 4 nitrogen and oxygen atoms in total. The summed E-state index contributed by atoms with van der Waals surface area (Å²) < 4.78 is 6.35. The maximum atomic E-state index is 13.0. The third-order valence-electron chi connectivity index (χ3n) is 13.2. The zero-order valence-corrected chi connectivity index (χ0v) is 27.1. The first kappa shape index (κ1) is 33.2. The van der Waals surface area contributed by atoms with Crippen molar-refractivity contribution in [3.8, 4) is 0 Å². The van der Waals surface area contributed by atoms with Gasteiger partial charge in [0.25, 0.3) is 0 Å². The van der Waals surface area contributed by atoms with E-state index in [1.54, 1.807) is 0 Å². The topological polar surface area (TPSA) is 78.3 Å². The third kappa shape index (κ3) is 6.38. The highest BCUT2D eigenvalue weighted by Crippen LogP contribution is 2.68. The summed E-state index contributed by atoms with van der Waals surface area (Å²) in [5.41, 5.74) is 12.5. The number of hydrogen-bond donors (Lipinski definition) is 2. The molecule has 0 aromatic rings. The predicted octanol–water partition coefficient (Wildman–Crippen LogP) is 8.14. The van der Waals surface area contributed by atoms with Crippen LogP contribution in [0, 0.1) is 58.2 Å². The Morgan fingerprint density at radius 3 is 2.36 bits per heavy atom. The maximum absolute atomic E-state index is 13.0. The normalized spacial score (nSPS) is 40.0. The molecule has 39 heavy (non-hydrogen) atoms. The molecule has 0 bridgehead atoms. The van der Waals surface area contributed by atoms with Gasteiger partial charge in [0, 0.05) is 5.41 Å². The molecule has 4 rings (SSSR count). The van der Waals surface area contributed by atoms with Crippen molar-refractivity contribution in [1.82, 2.24) is 0 Å². The molecule has 5 heteroatoms. The first-order chi connectivity index (χ1) is 18.1. The van der Waals surface area contributed by atoms with E-state index in [2.05, 4.69) is 41.5 Å². The Kier molecular flexibility index (Phi) is 11.7. The molecule has 0 saturated heterocycles. The Morgan fingerprint density at radius 2 is 1.69 bits per heavy atom. The van der Waals surface area contributed by atoms with E-state index in [1.807, 2.05) is 0 Å². The highest BCUT2D eigenvalue weighted by atomic mass is 35.5. The molecule has 0 radical (unpaired) electrons. The number of esters is 1. The van der Waals surface area contributed by atoms with Gasteiger partial charge in [-0.15, -0.1) is 12.4 Å². The molecular weight excluding hydrogens is 504 g/mol. The highest BCUT2D eigenvalue weighted by Gasteiger charge is 2.62. The summed E-state index contributed by atoms with van der Waals surface area (Å²) in [6.45, 7) is 15.6. The summed E-state index contributed by atoms with van der Waals surface area (Å²) in [5.74, 6) is 6.25. The van der Waals surface area contributed by atoms with Gasteiger partial charge >= 0.3 is 5.97 Å². The van der Waals surface area contributed by atoms with E-state index in [4.69, 9.17) is 16.2 Å². The fraction of sp³-hybridized carbons (Fsp3) is 0.971. The van der Waals surface area contributed by atoms with Crippen LogP contribution in [0.15, 0.2) is 0 Å². The second-order valence-electron chi connectivity index (χ2n) is 15.1. The van der Waals surface area contributed by atoms with Crippen LogP contribution in [-0.4, -0.2) is 24.7 Å². The first-order valence-corrected chi connectivity index (χ1v) is 16.7. The molecular formula is C34H63ClN2O2. The Balaban J connectivity index is 0.00000420. The minimum Gasteiger partial charge on any atom is -0.461 e. The second kappa shape index (κ2) is 13.8. The minimum absolute atomic E-state index is 0. The quantitative estimate of drug-likeness (QED) is 0.247. The lowest BCUT2D eigenvalue weighted by atomic mass is 9.44. The average Bonchev–Trinajstić information content (AvgIpc) is 3.25. The van der Waals surface area contributed by atoms with E-state index in [0.717, 1.165) is 48.3 Å². The van der Waals surface area contributed by atoms with E-state index < -0.39 is 6.04 Å². The lowest BCUT2D eigenvalue weighted by molar-refractivity contribution is -0.193. The van der Waals surface area contributed by atoms with E-state index in [9.17, 15) is 4.79 Å². The molecule has 0 aromatic heterocycles. The van der Waals surface area contributed by atoms with Crippen LogP contribution in [0.1, 0.15) is 131 Å². The van der Waals surface area contributed by atoms with Crippen molar-refractivity contribution in [2.75, 3.05) is 6.54 Å². The van der Waals surface area contributed by atoms with E-state index in [1.165, 1.54) is 70.6 Å². The second-order valence-corrected chi connectivity index (χ2v) is 15.1. The van der Waals surface area contributed by atoms with Crippen LogP contribution in [-0.2, 0) is 9.53 Å². The summed E-state index contributed by atoms with van der Waals surface area (Å²) >= 11 is 0. The third-order valence-corrected chi connectivity index (χ3v) is 13.2. The molecule has 4 aliphatic rings. The summed E-state index contributed by atoms with van der Waals surface area (Å²) in [6, 6.07) is -0.531. The van der Waals surface area contributed by atoms with Gasteiger partial charge in [-0.05, 0) is 136 Å². The number of nitrogens with two attached hydrogens (primary N) is 2. The van der Waals surface area contributed by atoms with Crippen LogP contribution < -0.4 is 11.5 Å². The van der Waals surface area contributed by atoms with Gasteiger partial charge in [0.2, 0.25) is 0 Å². The number of hydrogen-bond acceptors (Lipinski definition) is 4. The molecule has 4 fully saturated rings.